The van der Waals surface area contributed by atoms with Crippen LogP contribution in [0, 0.1) is 23.4 Å². The second-order valence-electron chi connectivity index (χ2n) is 4.91. The lowest BCUT2D eigenvalue weighted by atomic mass is 9.98. The Morgan fingerprint density at radius 3 is 2.75 bits per heavy atom. The second kappa shape index (κ2) is 4.90. The molecule has 1 unspecified atom stereocenters. The highest BCUT2D eigenvalue weighted by molar-refractivity contribution is 5.56. The van der Waals surface area contributed by atoms with E-state index >= 15 is 0 Å². The van der Waals surface area contributed by atoms with Gasteiger partial charge in [0.1, 0.15) is 5.82 Å². The van der Waals surface area contributed by atoms with Crippen LogP contribution in [0.15, 0.2) is 12.1 Å². The van der Waals surface area contributed by atoms with Crippen molar-refractivity contribution in [2.45, 2.75) is 19.4 Å². The third-order valence-corrected chi connectivity index (χ3v) is 3.67. The van der Waals surface area contributed by atoms with Gasteiger partial charge in [-0.05, 0) is 31.0 Å². The zero-order chi connectivity index (χ0) is 14.3. The first-order valence-electron chi connectivity index (χ1n) is 6.37. The van der Waals surface area contributed by atoms with Crippen LogP contribution < -0.4 is 5.73 Å². The van der Waals surface area contributed by atoms with E-state index in [9.17, 15) is 13.2 Å². The van der Waals surface area contributed by atoms with Crippen molar-refractivity contribution in [1.29, 1.82) is 0 Å². The number of halogens is 3. The SMILES string of the molecule is NCC1CCn2c(nnc2-c2ccc(F)c(F)c2F)C1. The maximum absolute atomic E-state index is 13.8. The highest BCUT2D eigenvalue weighted by Gasteiger charge is 2.25. The highest BCUT2D eigenvalue weighted by Crippen LogP contribution is 2.28. The predicted octanol–water partition coefficient (Wildman–Crippen LogP) is 1.88. The Hall–Kier alpha value is -1.89. The van der Waals surface area contributed by atoms with Crippen LogP contribution in [0.3, 0.4) is 0 Å². The van der Waals surface area contributed by atoms with Crippen LogP contribution in [0.1, 0.15) is 12.2 Å². The average Bonchev–Trinajstić information content (AvgIpc) is 2.88. The summed E-state index contributed by atoms with van der Waals surface area (Å²) in [6.45, 7) is 1.15. The van der Waals surface area contributed by atoms with Crippen LogP contribution in [0.5, 0.6) is 0 Å². The lowest BCUT2D eigenvalue weighted by Gasteiger charge is -2.22. The molecule has 7 heteroatoms. The number of aromatic nitrogens is 3. The number of hydrogen-bond donors (Lipinski definition) is 1. The number of nitrogens with zero attached hydrogens (tertiary/aromatic N) is 3. The molecular weight excluding hydrogens is 269 g/mol. The van der Waals surface area contributed by atoms with Gasteiger partial charge in [0.25, 0.3) is 0 Å². The van der Waals surface area contributed by atoms with Gasteiger partial charge in [-0.15, -0.1) is 10.2 Å². The van der Waals surface area contributed by atoms with Crippen molar-refractivity contribution in [2.75, 3.05) is 6.54 Å². The molecule has 1 aliphatic heterocycles. The Kier molecular flexibility index (Phi) is 3.21. The molecule has 0 fully saturated rings. The van der Waals surface area contributed by atoms with E-state index in [0.29, 0.717) is 31.3 Å². The summed E-state index contributed by atoms with van der Waals surface area (Å²) < 4.78 is 41.8. The number of fused-ring (bicyclic) bond motifs is 1. The first-order chi connectivity index (χ1) is 9.61. The van der Waals surface area contributed by atoms with Crippen LogP contribution in [0.2, 0.25) is 0 Å². The Morgan fingerprint density at radius 1 is 1.20 bits per heavy atom. The molecule has 0 saturated carbocycles. The lowest BCUT2D eigenvalue weighted by molar-refractivity contribution is 0.390. The van der Waals surface area contributed by atoms with Gasteiger partial charge in [-0.1, -0.05) is 0 Å². The van der Waals surface area contributed by atoms with Crippen molar-refractivity contribution in [3.05, 3.63) is 35.4 Å². The Balaban J connectivity index is 2.05. The van der Waals surface area contributed by atoms with E-state index in [1.165, 1.54) is 6.07 Å². The molecule has 1 aromatic heterocycles. The average molecular weight is 282 g/mol. The van der Waals surface area contributed by atoms with Crippen LogP contribution >= 0.6 is 0 Å². The fourth-order valence-corrected chi connectivity index (χ4v) is 2.49. The van der Waals surface area contributed by atoms with Crippen LogP contribution in [0.4, 0.5) is 13.2 Å². The minimum absolute atomic E-state index is 0.0751. The van der Waals surface area contributed by atoms with Gasteiger partial charge < -0.3 is 10.3 Å². The van der Waals surface area contributed by atoms with Crippen LogP contribution in [-0.4, -0.2) is 21.3 Å². The van der Waals surface area contributed by atoms with Crippen molar-refractivity contribution in [3.8, 4) is 11.4 Å². The zero-order valence-electron chi connectivity index (χ0n) is 10.6. The van der Waals surface area contributed by atoms with Crippen molar-refractivity contribution in [3.63, 3.8) is 0 Å². The third kappa shape index (κ3) is 1.98. The van der Waals surface area contributed by atoms with Crippen molar-refractivity contribution in [2.24, 2.45) is 11.7 Å². The Bertz CT molecular complexity index is 653. The van der Waals surface area contributed by atoms with Gasteiger partial charge in [0, 0.05) is 13.0 Å². The molecule has 0 amide bonds. The zero-order valence-corrected chi connectivity index (χ0v) is 10.6. The smallest absolute Gasteiger partial charge is 0.195 e. The molecule has 1 aromatic carbocycles. The van der Waals surface area contributed by atoms with Crippen LogP contribution in [-0.2, 0) is 13.0 Å². The largest absolute Gasteiger partial charge is 0.330 e. The molecule has 2 N–H and O–H groups in total. The minimum Gasteiger partial charge on any atom is -0.330 e. The van der Waals surface area contributed by atoms with Gasteiger partial charge in [0.2, 0.25) is 0 Å². The molecule has 0 aliphatic carbocycles. The predicted molar refractivity (Wildman–Crippen MR) is 66.2 cm³/mol. The van der Waals surface area contributed by atoms with E-state index in [0.717, 1.165) is 12.5 Å². The Labute approximate surface area is 113 Å². The summed E-state index contributed by atoms with van der Waals surface area (Å²) in [6, 6.07) is 2.07. The first-order valence-corrected chi connectivity index (χ1v) is 6.37. The third-order valence-electron chi connectivity index (χ3n) is 3.67. The molecule has 2 heterocycles. The summed E-state index contributed by atoms with van der Waals surface area (Å²) in [4.78, 5) is 0. The quantitative estimate of drug-likeness (QED) is 0.856. The molecule has 4 nitrogen and oxygen atoms in total. The molecular formula is C13H13F3N4. The van der Waals surface area contributed by atoms with Gasteiger partial charge in [0.05, 0.1) is 5.56 Å². The molecule has 20 heavy (non-hydrogen) atoms. The van der Waals surface area contributed by atoms with E-state index < -0.39 is 17.5 Å². The Morgan fingerprint density at radius 2 is 2.00 bits per heavy atom. The standard InChI is InChI=1S/C13H13F3N4/c14-9-2-1-8(11(15)12(9)16)13-19-18-10-5-7(6-17)3-4-20(10)13/h1-2,7H,3-6,17H2. The maximum Gasteiger partial charge on any atom is 0.195 e. The van der Waals surface area contributed by atoms with E-state index in [1.807, 2.05) is 0 Å². The number of hydrogen-bond acceptors (Lipinski definition) is 3. The summed E-state index contributed by atoms with van der Waals surface area (Å²) in [5, 5.41) is 7.91. The number of benzene rings is 1. The van der Waals surface area contributed by atoms with E-state index in [2.05, 4.69) is 10.2 Å². The fraction of sp³-hybridized carbons (Fsp3) is 0.385. The van der Waals surface area contributed by atoms with Gasteiger partial charge in [-0.2, -0.15) is 0 Å². The molecule has 0 saturated heterocycles. The molecule has 1 atom stereocenters. The summed E-state index contributed by atoms with van der Waals surface area (Å²) in [7, 11) is 0. The molecule has 2 aromatic rings. The van der Waals surface area contributed by atoms with Crippen molar-refractivity contribution >= 4 is 0 Å². The fourth-order valence-electron chi connectivity index (χ4n) is 2.49. The van der Waals surface area contributed by atoms with E-state index in [4.69, 9.17) is 5.73 Å². The molecule has 0 spiro atoms. The summed E-state index contributed by atoms with van der Waals surface area (Å²) in [5.41, 5.74) is 5.56. The highest BCUT2D eigenvalue weighted by atomic mass is 19.2. The molecule has 3 rings (SSSR count). The van der Waals surface area contributed by atoms with Gasteiger partial charge in [-0.25, -0.2) is 13.2 Å². The molecule has 0 radical (unpaired) electrons. The molecule has 1 aliphatic rings. The second-order valence-corrected chi connectivity index (χ2v) is 4.91. The molecule has 106 valence electrons. The van der Waals surface area contributed by atoms with E-state index in [1.54, 1.807) is 4.57 Å². The summed E-state index contributed by atoms with van der Waals surface area (Å²) in [5.74, 6) is -2.68. The number of nitrogens with two attached hydrogens (primary N) is 1. The minimum atomic E-state index is -1.49. The van der Waals surface area contributed by atoms with Gasteiger partial charge in [-0.3, -0.25) is 0 Å². The van der Waals surface area contributed by atoms with Gasteiger partial charge >= 0.3 is 0 Å². The van der Waals surface area contributed by atoms with Crippen molar-refractivity contribution in [1.82, 2.24) is 14.8 Å². The summed E-state index contributed by atoms with van der Waals surface area (Å²) >= 11 is 0. The normalized spacial score (nSPS) is 18.1. The van der Waals surface area contributed by atoms with Crippen molar-refractivity contribution < 1.29 is 13.2 Å². The van der Waals surface area contributed by atoms with Gasteiger partial charge in [0.15, 0.2) is 23.3 Å². The van der Waals surface area contributed by atoms with Crippen LogP contribution in [0.25, 0.3) is 11.4 Å². The topological polar surface area (TPSA) is 56.7 Å². The number of rotatable bonds is 2. The summed E-state index contributed by atoms with van der Waals surface area (Å²) in [6.07, 6.45) is 1.49. The van der Waals surface area contributed by atoms with E-state index in [-0.39, 0.29) is 11.4 Å². The first kappa shape index (κ1) is 13.1. The molecule has 0 bridgehead atoms. The monoisotopic (exact) mass is 282 g/mol. The lowest BCUT2D eigenvalue weighted by Crippen LogP contribution is -2.25. The maximum atomic E-state index is 13.8.